The number of anilines is 1. The van der Waals surface area contributed by atoms with Crippen molar-refractivity contribution in [2.45, 2.75) is 24.8 Å². The summed E-state index contributed by atoms with van der Waals surface area (Å²) in [5, 5.41) is 3.12. The molecule has 29 heavy (non-hydrogen) atoms. The number of amides is 1. The Morgan fingerprint density at radius 3 is 2.14 bits per heavy atom. The molecule has 0 saturated carbocycles. The minimum Gasteiger partial charge on any atom is -0.348 e. The molecule has 0 aliphatic rings. The van der Waals surface area contributed by atoms with E-state index < -0.39 is 38.4 Å². The van der Waals surface area contributed by atoms with Gasteiger partial charge in [-0.1, -0.05) is 29.8 Å². The first kappa shape index (κ1) is 23.2. The number of sulfone groups is 1. The number of benzene rings is 2. The molecule has 7 nitrogen and oxygen atoms in total. The predicted octanol–water partition coefficient (Wildman–Crippen LogP) is 2.70. The summed E-state index contributed by atoms with van der Waals surface area (Å²) in [7, 11) is -7.03. The van der Waals surface area contributed by atoms with Gasteiger partial charge in [-0.2, -0.15) is 0 Å². The van der Waals surface area contributed by atoms with Crippen LogP contribution >= 0.6 is 11.6 Å². The van der Waals surface area contributed by atoms with E-state index >= 15 is 0 Å². The van der Waals surface area contributed by atoms with Crippen LogP contribution in [0.2, 0.25) is 5.02 Å². The van der Waals surface area contributed by atoms with Crippen LogP contribution in [0.1, 0.15) is 24.1 Å². The van der Waals surface area contributed by atoms with Gasteiger partial charge in [-0.3, -0.25) is 9.10 Å². The van der Waals surface area contributed by atoms with Crippen LogP contribution in [0.25, 0.3) is 0 Å². The molecular formula is C19H23ClN2O5S2. The predicted molar refractivity (Wildman–Crippen MR) is 114 cm³/mol. The van der Waals surface area contributed by atoms with Gasteiger partial charge in [0.1, 0.15) is 6.54 Å². The zero-order valence-corrected chi connectivity index (χ0v) is 18.9. The SMILES string of the molecule is Cc1ccc(N(CC(=O)NC(C)c2ccc(S(C)(=O)=O)cc2)S(C)(=O)=O)cc1Cl. The third-order valence-corrected chi connectivity index (χ3v) is 6.99. The Kier molecular flexibility index (Phi) is 6.97. The smallest absolute Gasteiger partial charge is 0.241 e. The van der Waals surface area contributed by atoms with Crippen molar-refractivity contribution in [3.8, 4) is 0 Å². The highest BCUT2D eigenvalue weighted by Crippen LogP contribution is 2.25. The monoisotopic (exact) mass is 458 g/mol. The van der Waals surface area contributed by atoms with E-state index in [0.717, 1.165) is 22.4 Å². The van der Waals surface area contributed by atoms with E-state index in [-0.39, 0.29) is 4.90 Å². The molecule has 1 atom stereocenters. The maximum atomic E-state index is 12.5. The van der Waals surface area contributed by atoms with Crippen LogP contribution in [0.4, 0.5) is 5.69 Å². The Morgan fingerprint density at radius 2 is 1.66 bits per heavy atom. The van der Waals surface area contributed by atoms with Gasteiger partial charge in [-0.25, -0.2) is 16.8 Å². The Labute approximate surface area is 176 Å². The molecule has 0 heterocycles. The van der Waals surface area contributed by atoms with Crippen LogP contribution in [0.15, 0.2) is 47.4 Å². The first-order chi connectivity index (χ1) is 13.3. The lowest BCUT2D eigenvalue weighted by molar-refractivity contribution is -0.120. The number of nitrogens with one attached hydrogen (secondary N) is 1. The number of halogens is 1. The van der Waals surface area contributed by atoms with Crippen molar-refractivity contribution < 1.29 is 21.6 Å². The second-order valence-electron chi connectivity index (χ2n) is 6.83. The van der Waals surface area contributed by atoms with Gasteiger partial charge in [0, 0.05) is 11.3 Å². The normalized spacial score (nSPS) is 13.0. The standard InChI is InChI=1S/C19H23ClN2O5S2/c1-13-5-8-16(11-18(13)20)22(29(4,26)27)12-19(23)21-14(2)15-6-9-17(10-7-15)28(3,24)25/h5-11,14H,12H2,1-4H3,(H,21,23). The summed E-state index contributed by atoms with van der Waals surface area (Å²) in [6.07, 6.45) is 2.13. The molecule has 0 bridgehead atoms. The molecule has 1 N–H and O–H groups in total. The summed E-state index contributed by atoms with van der Waals surface area (Å²) >= 11 is 6.09. The fraction of sp³-hybridized carbons (Fsp3) is 0.316. The first-order valence-corrected chi connectivity index (χ1v) is 12.7. The third kappa shape index (κ3) is 6.19. The van der Waals surface area contributed by atoms with E-state index in [1.54, 1.807) is 38.1 Å². The summed E-state index contributed by atoms with van der Waals surface area (Å²) in [6.45, 7) is 3.10. The van der Waals surface area contributed by atoms with Gasteiger partial charge < -0.3 is 5.32 Å². The molecule has 0 aromatic heterocycles. The fourth-order valence-corrected chi connectivity index (χ4v) is 4.30. The number of hydrogen-bond donors (Lipinski definition) is 1. The van der Waals surface area contributed by atoms with Gasteiger partial charge in [0.2, 0.25) is 15.9 Å². The minimum absolute atomic E-state index is 0.180. The quantitative estimate of drug-likeness (QED) is 0.687. The van der Waals surface area contributed by atoms with Crippen LogP contribution in [0.5, 0.6) is 0 Å². The van der Waals surface area contributed by atoms with Crippen molar-refractivity contribution in [1.82, 2.24) is 5.32 Å². The number of hydrogen-bond acceptors (Lipinski definition) is 5. The highest BCUT2D eigenvalue weighted by atomic mass is 35.5. The molecule has 1 amide bonds. The maximum absolute atomic E-state index is 12.5. The van der Waals surface area contributed by atoms with Crippen LogP contribution in [0.3, 0.4) is 0 Å². The highest BCUT2D eigenvalue weighted by Gasteiger charge is 2.22. The van der Waals surface area contributed by atoms with Gasteiger partial charge >= 0.3 is 0 Å². The average Bonchev–Trinajstić information content (AvgIpc) is 2.60. The number of sulfonamides is 1. The van der Waals surface area contributed by atoms with Crippen molar-refractivity contribution in [3.05, 3.63) is 58.6 Å². The summed E-state index contributed by atoms with van der Waals surface area (Å²) in [5.41, 5.74) is 1.78. The number of rotatable bonds is 7. The zero-order valence-electron chi connectivity index (χ0n) is 16.5. The van der Waals surface area contributed by atoms with Crippen molar-refractivity contribution in [2.24, 2.45) is 0 Å². The Hall–Kier alpha value is -2.10. The second kappa shape index (κ2) is 8.73. The highest BCUT2D eigenvalue weighted by molar-refractivity contribution is 7.92. The van der Waals surface area contributed by atoms with Gasteiger partial charge in [-0.15, -0.1) is 0 Å². The summed E-state index contributed by atoms with van der Waals surface area (Å²) in [4.78, 5) is 12.7. The van der Waals surface area contributed by atoms with Crippen LogP contribution in [-0.4, -0.2) is 41.8 Å². The van der Waals surface area contributed by atoms with Crippen molar-refractivity contribution in [1.29, 1.82) is 0 Å². The number of nitrogens with zero attached hydrogens (tertiary/aromatic N) is 1. The number of carbonyl (C=O) groups is 1. The fourth-order valence-electron chi connectivity index (χ4n) is 2.64. The maximum Gasteiger partial charge on any atom is 0.241 e. The summed E-state index contributed by atoms with van der Waals surface area (Å²) in [5.74, 6) is -0.508. The van der Waals surface area contributed by atoms with E-state index in [1.807, 2.05) is 0 Å². The molecule has 10 heteroatoms. The molecule has 2 rings (SSSR count). The second-order valence-corrected chi connectivity index (χ2v) is 11.2. The van der Waals surface area contributed by atoms with Crippen LogP contribution < -0.4 is 9.62 Å². The van der Waals surface area contributed by atoms with Crippen molar-refractivity contribution >= 4 is 43.1 Å². The molecule has 1 unspecified atom stereocenters. The van der Waals surface area contributed by atoms with E-state index in [4.69, 9.17) is 11.6 Å². The molecule has 0 fully saturated rings. The number of carbonyl (C=O) groups excluding carboxylic acids is 1. The van der Waals surface area contributed by atoms with Gasteiger partial charge in [0.25, 0.3) is 0 Å². The topological polar surface area (TPSA) is 101 Å². The lowest BCUT2D eigenvalue weighted by atomic mass is 10.1. The molecule has 0 aliphatic carbocycles. The minimum atomic E-state index is -3.72. The summed E-state index contributed by atoms with van der Waals surface area (Å²) < 4.78 is 48.5. The van der Waals surface area contributed by atoms with Gasteiger partial charge in [0.15, 0.2) is 9.84 Å². The summed E-state index contributed by atoms with van der Waals surface area (Å²) in [6, 6.07) is 10.5. The van der Waals surface area contributed by atoms with Gasteiger partial charge in [-0.05, 0) is 49.2 Å². The molecule has 0 aliphatic heterocycles. The van der Waals surface area contributed by atoms with Crippen LogP contribution in [-0.2, 0) is 24.7 Å². The molecule has 2 aromatic carbocycles. The lowest BCUT2D eigenvalue weighted by Gasteiger charge is -2.23. The lowest BCUT2D eigenvalue weighted by Crippen LogP contribution is -2.41. The zero-order chi connectivity index (χ0) is 22.0. The van der Waals surface area contributed by atoms with E-state index in [9.17, 15) is 21.6 Å². The molecule has 158 valence electrons. The average molecular weight is 459 g/mol. The Morgan fingerprint density at radius 1 is 1.07 bits per heavy atom. The van der Waals surface area contributed by atoms with Gasteiger partial charge in [0.05, 0.1) is 22.9 Å². The van der Waals surface area contributed by atoms with Crippen LogP contribution in [0, 0.1) is 6.92 Å². The van der Waals surface area contributed by atoms with E-state index in [1.165, 1.54) is 18.2 Å². The Bertz CT molecular complexity index is 1110. The molecule has 0 spiro atoms. The van der Waals surface area contributed by atoms with Crippen molar-refractivity contribution in [2.75, 3.05) is 23.4 Å². The molecule has 2 aromatic rings. The first-order valence-electron chi connectivity index (χ1n) is 8.62. The molecule has 0 saturated heterocycles. The molecular weight excluding hydrogens is 436 g/mol. The Balaban J connectivity index is 2.16. The van der Waals surface area contributed by atoms with E-state index in [2.05, 4.69) is 5.32 Å². The van der Waals surface area contributed by atoms with E-state index in [0.29, 0.717) is 16.3 Å². The number of aryl methyl sites for hydroxylation is 1. The largest absolute Gasteiger partial charge is 0.348 e. The third-order valence-electron chi connectivity index (χ3n) is 4.32. The molecule has 0 radical (unpaired) electrons. The van der Waals surface area contributed by atoms with Crippen molar-refractivity contribution in [3.63, 3.8) is 0 Å².